The monoisotopic (exact) mass is 360 g/mol. The molecule has 0 fully saturated rings. The Morgan fingerprint density at radius 1 is 0.889 bits per heavy atom. The van der Waals surface area contributed by atoms with Crippen LogP contribution >= 0.6 is 0 Å². The van der Waals surface area contributed by atoms with Gasteiger partial charge in [-0.15, -0.1) is 0 Å². The van der Waals surface area contributed by atoms with E-state index in [9.17, 15) is 0 Å². The van der Waals surface area contributed by atoms with E-state index in [-0.39, 0.29) is 24.8 Å². The summed E-state index contributed by atoms with van der Waals surface area (Å²) in [5.74, 6) is 0. The molecule has 0 atom stereocenters. The third-order valence-corrected chi connectivity index (χ3v) is 10.6. The van der Waals surface area contributed by atoms with Crippen molar-refractivity contribution in [2.75, 3.05) is 0 Å². The third-order valence-electron chi connectivity index (χ3n) is 3.23. The summed E-state index contributed by atoms with van der Waals surface area (Å²) in [5, 5.41) is 0. The first-order valence-electron chi connectivity index (χ1n) is 6.01. The van der Waals surface area contributed by atoms with E-state index in [1.807, 2.05) is 0 Å². The summed E-state index contributed by atoms with van der Waals surface area (Å²) in [6.07, 6.45) is 12.1. The second-order valence-electron chi connectivity index (χ2n) is 5.02. The molecule has 0 aromatic heterocycles. The van der Waals surface area contributed by atoms with E-state index >= 15 is 0 Å². The van der Waals surface area contributed by atoms with E-state index in [0.717, 1.165) is 0 Å². The summed E-state index contributed by atoms with van der Waals surface area (Å²) in [6, 6.07) is 0. The molecule has 0 saturated carbocycles. The van der Waals surface area contributed by atoms with Crippen LogP contribution in [0.5, 0.6) is 0 Å². The minimum atomic E-state index is -1.59. The van der Waals surface area contributed by atoms with Gasteiger partial charge in [0.25, 0.3) is 0 Å². The van der Waals surface area contributed by atoms with Crippen LogP contribution in [0.4, 0.5) is 0 Å². The summed E-state index contributed by atoms with van der Waals surface area (Å²) in [7, 11) is 0. The zero-order valence-electron chi connectivity index (χ0n) is 11.5. The molecule has 2 rings (SSSR count). The van der Waals surface area contributed by atoms with Gasteiger partial charge in [-0.3, -0.25) is 0 Å². The summed E-state index contributed by atoms with van der Waals surface area (Å²) in [4.78, 5) is 0. The van der Waals surface area contributed by atoms with Crippen molar-refractivity contribution in [2.24, 2.45) is 0 Å². The van der Waals surface area contributed by atoms with Crippen molar-refractivity contribution in [3.63, 3.8) is 0 Å². The fourth-order valence-electron chi connectivity index (χ4n) is 2.52. The summed E-state index contributed by atoms with van der Waals surface area (Å²) in [5.41, 5.74) is 2.94. The Labute approximate surface area is 131 Å². The van der Waals surface area contributed by atoms with E-state index in [2.05, 4.69) is 52.0 Å². The van der Waals surface area contributed by atoms with Gasteiger partial charge in [-0.25, -0.2) is 0 Å². The van der Waals surface area contributed by atoms with Crippen molar-refractivity contribution in [1.29, 1.82) is 0 Å². The molecule has 0 unspecified atom stereocenters. The van der Waals surface area contributed by atoms with Crippen LogP contribution in [0.15, 0.2) is 42.0 Å². The second-order valence-corrected chi connectivity index (χ2v) is 12.5. The Bertz CT molecular complexity index is 435. The molecule has 0 aromatic carbocycles. The van der Waals surface area contributed by atoms with Crippen LogP contribution in [0, 0.1) is 0 Å². The number of hydrogen-bond acceptors (Lipinski definition) is 0. The molecule has 2 aliphatic rings. The first kappa shape index (κ1) is 18.3. The maximum Gasteiger partial charge on any atom is -1.00 e. The van der Waals surface area contributed by atoms with Gasteiger partial charge in [0.05, 0.1) is 0 Å². The van der Waals surface area contributed by atoms with Crippen LogP contribution in [0.1, 0.15) is 40.5 Å². The topological polar surface area (TPSA) is 0 Å². The van der Waals surface area contributed by atoms with E-state index in [0.29, 0.717) is 0 Å². The van der Waals surface area contributed by atoms with Crippen LogP contribution < -0.4 is 24.8 Å². The second kappa shape index (κ2) is 7.78. The largest absolute Gasteiger partial charge is 1.00 e. The zero-order chi connectivity index (χ0) is 11.7. The van der Waals surface area contributed by atoms with Gasteiger partial charge in [0, 0.05) is 0 Å². The Balaban J connectivity index is 0.00000144. The zero-order valence-corrected chi connectivity index (χ0v) is 15.4. The van der Waals surface area contributed by atoms with Crippen LogP contribution in [0.25, 0.3) is 0 Å². The quantitative estimate of drug-likeness (QED) is 0.549. The molecule has 0 heterocycles. The smallest absolute Gasteiger partial charge is 1.00 e. The van der Waals surface area contributed by atoms with E-state index in [1.54, 1.807) is 9.77 Å². The first-order valence-corrected chi connectivity index (χ1v) is 9.69. The predicted octanol–water partition coefficient (Wildman–Crippen LogP) is -1.71. The third kappa shape index (κ3) is 4.15. The van der Waals surface area contributed by atoms with Gasteiger partial charge in [-0.05, 0) is 0 Å². The molecular weight excluding hydrogens is 342 g/mol. The van der Waals surface area contributed by atoms with Gasteiger partial charge in [0.2, 0.25) is 0 Å². The van der Waals surface area contributed by atoms with Crippen molar-refractivity contribution in [3.05, 3.63) is 42.0 Å². The standard InChI is InChI=1S/2C6H7.C3H6.2ClH.Zr/c2*1-6-4-2-3-5-6;1-3-2;;;/h2*4-5H,2H2,1H3;1-2H3;2*1H;/q;;;;;+2/p-2. The molecule has 0 nitrogen and oxygen atoms in total. The average Bonchev–Trinajstić information content (AvgIpc) is 2.76. The maximum absolute atomic E-state index is 2.45. The molecule has 0 amide bonds. The molecule has 0 bridgehead atoms. The number of hydrogen-bond donors (Lipinski definition) is 0. The van der Waals surface area contributed by atoms with Crippen LogP contribution in [0.3, 0.4) is 0 Å². The normalized spacial score (nSPS) is 16.4. The van der Waals surface area contributed by atoms with Crippen molar-refractivity contribution in [3.8, 4) is 0 Å². The molecule has 0 spiro atoms. The Kier molecular flexibility index (Phi) is 7.91. The first-order chi connectivity index (χ1) is 7.58. The van der Waals surface area contributed by atoms with Crippen molar-refractivity contribution in [1.82, 2.24) is 0 Å². The number of halogens is 2. The average molecular weight is 362 g/mol. The van der Waals surface area contributed by atoms with Crippen molar-refractivity contribution in [2.45, 2.75) is 40.5 Å². The van der Waals surface area contributed by atoms with Gasteiger partial charge in [-0.1, -0.05) is 0 Å². The Morgan fingerprint density at radius 3 is 1.50 bits per heavy atom. The maximum atomic E-state index is 2.45. The van der Waals surface area contributed by atoms with Crippen molar-refractivity contribution < 1.29 is 46.1 Å². The molecular formula is C15H20Cl2Zr. The van der Waals surface area contributed by atoms with Gasteiger partial charge in [-0.2, -0.15) is 0 Å². The fourth-order valence-corrected chi connectivity index (χ4v) is 10.0. The predicted molar refractivity (Wildman–Crippen MR) is 69.3 cm³/mol. The molecule has 0 aromatic rings. The fraction of sp³-hybridized carbons (Fsp3) is 0.400. The van der Waals surface area contributed by atoms with E-state index in [1.165, 1.54) is 24.0 Å². The Morgan fingerprint density at radius 2 is 1.28 bits per heavy atom. The van der Waals surface area contributed by atoms with Crippen LogP contribution in [0.2, 0.25) is 0 Å². The van der Waals surface area contributed by atoms with E-state index in [4.69, 9.17) is 0 Å². The summed E-state index contributed by atoms with van der Waals surface area (Å²) < 4.78 is 5.26. The summed E-state index contributed by atoms with van der Waals surface area (Å²) >= 11 is -1.59. The minimum absolute atomic E-state index is 0. The van der Waals surface area contributed by atoms with E-state index < -0.39 is 21.3 Å². The molecule has 0 radical (unpaired) electrons. The molecule has 0 saturated heterocycles. The van der Waals surface area contributed by atoms with Gasteiger partial charge < -0.3 is 24.8 Å². The number of allylic oxidation sites excluding steroid dienone is 8. The molecule has 18 heavy (non-hydrogen) atoms. The molecule has 0 aliphatic heterocycles. The van der Waals surface area contributed by atoms with Crippen LogP contribution in [-0.4, -0.2) is 3.21 Å². The van der Waals surface area contributed by atoms with Gasteiger partial charge in [0.15, 0.2) is 0 Å². The Hall–Kier alpha value is 0.293. The number of rotatable bonds is 2. The molecule has 3 heteroatoms. The SMILES string of the molecule is CC1=CC[C]([Zr+2]([C]2=CC(C)=CC2)=[C](C)C)=C1.[Cl-].[Cl-]. The van der Waals surface area contributed by atoms with Gasteiger partial charge >= 0.3 is 107 Å². The van der Waals surface area contributed by atoms with Crippen molar-refractivity contribution >= 4 is 3.21 Å². The summed E-state index contributed by atoms with van der Waals surface area (Å²) in [6.45, 7) is 9.14. The molecule has 2 aliphatic carbocycles. The molecule has 98 valence electrons. The minimum Gasteiger partial charge on any atom is -1.00 e. The van der Waals surface area contributed by atoms with Crippen LogP contribution in [-0.2, 0) is 21.3 Å². The molecule has 0 N–H and O–H groups in total. The van der Waals surface area contributed by atoms with Gasteiger partial charge in [0.1, 0.15) is 0 Å².